The molecule has 0 saturated carbocycles. The molecular weight excluding hydrogens is 342 g/mol. The van der Waals surface area contributed by atoms with Gasteiger partial charge in [-0.1, -0.05) is 6.07 Å². The summed E-state index contributed by atoms with van der Waals surface area (Å²) in [6.45, 7) is 4.10. The lowest BCUT2D eigenvalue weighted by atomic mass is 9.99. The lowest BCUT2D eigenvalue weighted by molar-refractivity contribution is 0.751. The van der Waals surface area contributed by atoms with Crippen LogP contribution in [0.5, 0.6) is 0 Å². The highest BCUT2D eigenvalue weighted by Gasteiger charge is 2.22. The second-order valence-corrected chi connectivity index (χ2v) is 7.18. The van der Waals surface area contributed by atoms with Crippen molar-refractivity contribution in [2.75, 3.05) is 19.0 Å². The molecule has 27 heavy (non-hydrogen) atoms. The number of fused-ring (bicyclic) bond motifs is 2. The quantitative estimate of drug-likeness (QED) is 0.542. The van der Waals surface area contributed by atoms with Crippen molar-refractivity contribution >= 4 is 27.9 Å². The first-order chi connectivity index (χ1) is 12.7. The molecule has 0 radical (unpaired) electrons. The van der Waals surface area contributed by atoms with Gasteiger partial charge in [0.2, 0.25) is 5.95 Å². The van der Waals surface area contributed by atoms with Gasteiger partial charge in [0.05, 0.1) is 5.52 Å². The van der Waals surface area contributed by atoms with E-state index in [0.29, 0.717) is 22.7 Å². The Balaban J connectivity index is 2.11. The Morgan fingerprint density at radius 3 is 2.33 bits per heavy atom. The van der Waals surface area contributed by atoms with Crippen LogP contribution in [0, 0.1) is 13.8 Å². The highest BCUT2D eigenvalue weighted by molar-refractivity contribution is 5.97. The molecule has 1 aromatic carbocycles. The third-order valence-corrected chi connectivity index (χ3v) is 5.24. The topological polar surface area (TPSA) is 73.8 Å². The van der Waals surface area contributed by atoms with Crippen molar-refractivity contribution < 1.29 is 0 Å². The van der Waals surface area contributed by atoms with Gasteiger partial charge < -0.3 is 4.90 Å². The van der Waals surface area contributed by atoms with Gasteiger partial charge in [-0.25, -0.2) is 4.68 Å². The Morgan fingerprint density at radius 2 is 1.67 bits per heavy atom. The molecular formula is C19H23N7O. The molecule has 8 heteroatoms. The lowest BCUT2D eigenvalue weighted by Crippen LogP contribution is -2.26. The molecule has 0 fully saturated rings. The van der Waals surface area contributed by atoms with Gasteiger partial charge in [0, 0.05) is 51.9 Å². The molecule has 0 amide bonds. The van der Waals surface area contributed by atoms with Crippen molar-refractivity contribution in [3.63, 3.8) is 0 Å². The van der Waals surface area contributed by atoms with E-state index in [1.165, 1.54) is 0 Å². The molecule has 3 heterocycles. The van der Waals surface area contributed by atoms with Crippen LogP contribution in [0.3, 0.4) is 0 Å². The van der Waals surface area contributed by atoms with E-state index >= 15 is 0 Å². The number of aromatic nitrogens is 6. The number of rotatable bonds is 2. The molecule has 0 atom stereocenters. The van der Waals surface area contributed by atoms with Crippen molar-refractivity contribution in [3.8, 4) is 11.3 Å². The lowest BCUT2D eigenvalue weighted by Gasteiger charge is -2.15. The van der Waals surface area contributed by atoms with Gasteiger partial charge in [-0.15, -0.1) is 0 Å². The van der Waals surface area contributed by atoms with Crippen LogP contribution in [0.25, 0.3) is 33.2 Å². The van der Waals surface area contributed by atoms with Crippen LogP contribution in [0.15, 0.2) is 16.9 Å². The summed E-state index contributed by atoms with van der Waals surface area (Å²) < 4.78 is 5.12. The summed E-state index contributed by atoms with van der Waals surface area (Å²) in [7, 11) is 9.23. The van der Waals surface area contributed by atoms with E-state index in [9.17, 15) is 4.79 Å². The fraction of sp³-hybridized carbons (Fsp3) is 0.368. The van der Waals surface area contributed by atoms with Gasteiger partial charge in [-0.05, 0) is 25.5 Å². The fourth-order valence-corrected chi connectivity index (χ4v) is 3.75. The zero-order valence-corrected chi connectivity index (χ0v) is 16.7. The molecule has 0 spiro atoms. The average molecular weight is 365 g/mol. The summed E-state index contributed by atoms with van der Waals surface area (Å²) in [5.74, 6) is 0.595. The Morgan fingerprint density at radius 1 is 0.963 bits per heavy atom. The molecule has 0 bridgehead atoms. The number of benzene rings is 1. The van der Waals surface area contributed by atoms with Gasteiger partial charge in [0.1, 0.15) is 11.1 Å². The largest absolute Gasteiger partial charge is 0.348 e. The van der Waals surface area contributed by atoms with E-state index in [2.05, 4.69) is 22.1 Å². The standard InChI is InChI=1S/C19H23N7O/c1-10-12(8-9-13-14(10)11(2)25(6)21-13)16-15-17(26(7)22-16)20-19(23(3)4)24(5)18(15)27/h8-9H,1-7H3. The third kappa shape index (κ3) is 2.29. The Kier molecular flexibility index (Phi) is 3.62. The average Bonchev–Trinajstić information content (AvgIpc) is 3.08. The zero-order valence-electron chi connectivity index (χ0n) is 16.7. The number of hydrogen-bond donors (Lipinski definition) is 0. The first kappa shape index (κ1) is 17.3. The highest BCUT2D eigenvalue weighted by Crippen LogP contribution is 2.33. The van der Waals surface area contributed by atoms with Crippen molar-refractivity contribution in [1.29, 1.82) is 0 Å². The molecule has 8 nitrogen and oxygen atoms in total. The van der Waals surface area contributed by atoms with E-state index in [-0.39, 0.29) is 5.56 Å². The maximum Gasteiger partial charge on any atom is 0.266 e. The van der Waals surface area contributed by atoms with Gasteiger partial charge in [-0.3, -0.25) is 14.0 Å². The van der Waals surface area contributed by atoms with E-state index in [0.717, 1.165) is 27.7 Å². The molecule has 140 valence electrons. The summed E-state index contributed by atoms with van der Waals surface area (Å²) in [6.07, 6.45) is 0. The number of hydrogen-bond acceptors (Lipinski definition) is 5. The summed E-state index contributed by atoms with van der Waals surface area (Å²) in [6, 6.07) is 3.97. The first-order valence-electron chi connectivity index (χ1n) is 8.76. The third-order valence-electron chi connectivity index (χ3n) is 5.24. The zero-order chi connectivity index (χ0) is 19.6. The van der Waals surface area contributed by atoms with Gasteiger partial charge >= 0.3 is 0 Å². The minimum atomic E-state index is -0.103. The van der Waals surface area contributed by atoms with E-state index in [4.69, 9.17) is 0 Å². The fourth-order valence-electron chi connectivity index (χ4n) is 3.75. The van der Waals surface area contributed by atoms with E-state index in [1.807, 2.05) is 56.8 Å². The van der Waals surface area contributed by atoms with E-state index < -0.39 is 0 Å². The predicted molar refractivity (Wildman–Crippen MR) is 107 cm³/mol. The smallest absolute Gasteiger partial charge is 0.266 e. The van der Waals surface area contributed by atoms with Crippen molar-refractivity contribution in [2.24, 2.45) is 21.1 Å². The van der Waals surface area contributed by atoms with Crippen molar-refractivity contribution in [2.45, 2.75) is 13.8 Å². The monoisotopic (exact) mass is 365 g/mol. The SMILES string of the molecule is Cc1c(-c2nn(C)c3nc(N(C)C)n(C)c(=O)c23)ccc2nn(C)c(C)c12. The summed E-state index contributed by atoms with van der Waals surface area (Å²) in [5.41, 5.74) is 5.17. The predicted octanol–water partition coefficient (Wildman–Crippen LogP) is 1.90. The van der Waals surface area contributed by atoms with E-state index in [1.54, 1.807) is 16.3 Å². The van der Waals surface area contributed by atoms with Crippen LogP contribution < -0.4 is 10.5 Å². The van der Waals surface area contributed by atoms with Crippen molar-refractivity contribution in [3.05, 3.63) is 33.7 Å². The first-order valence-corrected chi connectivity index (χ1v) is 8.76. The number of nitrogens with zero attached hydrogens (tertiary/aromatic N) is 7. The van der Waals surface area contributed by atoms with Crippen LogP contribution in [0.4, 0.5) is 5.95 Å². The Hall–Kier alpha value is -3.16. The minimum Gasteiger partial charge on any atom is -0.348 e. The molecule has 0 aliphatic carbocycles. The molecule has 0 aliphatic rings. The normalized spacial score (nSPS) is 11.7. The summed E-state index contributed by atoms with van der Waals surface area (Å²) >= 11 is 0. The van der Waals surface area contributed by atoms with Crippen LogP contribution in [-0.2, 0) is 21.1 Å². The molecule has 0 N–H and O–H groups in total. The molecule has 0 saturated heterocycles. The molecule has 4 rings (SSSR count). The van der Waals surface area contributed by atoms with Gasteiger partial charge in [-0.2, -0.15) is 15.2 Å². The van der Waals surface area contributed by atoms with Gasteiger partial charge in [0.25, 0.3) is 5.56 Å². The highest BCUT2D eigenvalue weighted by atomic mass is 16.1. The van der Waals surface area contributed by atoms with Crippen LogP contribution in [0.2, 0.25) is 0 Å². The number of anilines is 1. The Labute approximate surface area is 156 Å². The number of aryl methyl sites for hydroxylation is 4. The second-order valence-electron chi connectivity index (χ2n) is 7.18. The Bertz CT molecular complexity index is 1270. The van der Waals surface area contributed by atoms with Crippen LogP contribution in [-0.4, -0.2) is 43.2 Å². The summed E-state index contributed by atoms with van der Waals surface area (Å²) in [4.78, 5) is 19.6. The van der Waals surface area contributed by atoms with Crippen LogP contribution in [0.1, 0.15) is 11.3 Å². The molecule has 3 aromatic heterocycles. The minimum absolute atomic E-state index is 0.103. The summed E-state index contributed by atoms with van der Waals surface area (Å²) in [5, 5.41) is 10.8. The van der Waals surface area contributed by atoms with Crippen molar-refractivity contribution in [1.82, 2.24) is 29.1 Å². The molecule has 0 aliphatic heterocycles. The maximum atomic E-state index is 13.1. The maximum absolute atomic E-state index is 13.1. The molecule has 4 aromatic rings. The van der Waals surface area contributed by atoms with Gasteiger partial charge in [0.15, 0.2) is 5.65 Å². The second kappa shape index (κ2) is 5.67. The van der Waals surface area contributed by atoms with Crippen LogP contribution >= 0.6 is 0 Å². The molecule has 0 unspecified atom stereocenters.